The van der Waals surface area contributed by atoms with E-state index in [4.69, 9.17) is 5.73 Å². The molecular weight excluding hydrogens is 247 g/mol. The van der Waals surface area contributed by atoms with Gasteiger partial charge in [0.05, 0.1) is 6.04 Å². The fraction of sp³-hybridized carbons (Fsp3) is 0.167. The van der Waals surface area contributed by atoms with E-state index >= 15 is 0 Å². The van der Waals surface area contributed by atoms with Gasteiger partial charge in [-0.25, -0.2) is 13.2 Å². The standard InChI is InChI=1S/C12H10F3NS/c1-6-4-17-5-8(6)12(16)7-2-3-9(13)11(15)10(7)14/h2-5,12H,16H2,1H3. The predicted molar refractivity (Wildman–Crippen MR) is 61.4 cm³/mol. The minimum atomic E-state index is -1.48. The molecule has 0 bridgehead atoms. The van der Waals surface area contributed by atoms with Crippen molar-refractivity contribution in [2.75, 3.05) is 0 Å². The third kappa shape index (κ3) is 2.08. The number of halogens is 3. The quantitative estimate of drug-likeness (QED) is 0.818. The van der Waals surface area contributed by atoms with Gasteiger partial charge in [0.2, 0.25) is 0 Å². The molecule has 0 saturated heterocycles. The zero-order valence-electron chi connectivity index (χ0n) is 9.01. The second kappa shape index (κ2) is 4.50. The maximum absolute atomic E-state index is 13.5. The van der Waals surface area contributed by atoms with Crippen LogP contribution >= 0.6 is 11.3 Å². The van der Waals surface area contributed by atoms with E-state index in [-0.39, 0.29) is 5.56 Å². The average Bonchev–Trinajstić information content (AvgIpc) is 2.72. The summed E-state index contributed by atoms with van der Waals surface area (Å²) < 4.78 is 39.4. The van der Waals surface area contributed by atoms with Gasteiger partial charge in [-0.3, -0.25) is 0 Å². The summed E-state index contributed by atoms with van der Waals surface area (Å²) in [4.78, 5) is 0. The van der Waals surface area contributed by atoms with Gasteiger partial charge in [0.1, 0.15) is 0 Å². The molecule has 1 aromatic carbocycles. The maximum atomic E-state index is 13.5. The summed E-state index contributed by atoms with van der Waals surface area (Å²) >= 11 is 1.43. The van der Waals surface area contributed by atoms with Crippen LogP contribution < -0.4 is 5.73 Å². The summed E-state index contributed by atoms with van der Waals surface area (Å²) in [5.41, 5.74) is 7.45. The molecule has 90 valence electrons. The third-order valence-electron chi connectivity index (χ3n) is 2.63. The van der Waals surface area contributed by atoms with Crippen LogP contribution in [-0.4, -0.2) is 0 Å². The van der Waals surface area contributed by atoms with E-state index in [1.54, 1.807) is 5.38 Å². The van der Waals surface area contributed by atoms with Gasteiger partial charge >= 0.3 is 0 Å². The highest BCUT2D eigenvalue weighted by Gasteiger charge is 2.20. The van der Waals surface area contributed by atoms with Crippen LogP contribution in [0.4, 0.5) is 13.2 Å². The van der Waals surface area contributed by atoms with Crippen molar-refractivity contribution < 1.29 is 13.2 Å². The van der Waals surface area contributed by atoms with Gasteiger partial charge in [0.15, 0.2) is 17.5 Å². The molecule has 0 saturated carbocycles. The zero-order chi connectivity index (χ0) is 12.6. The van der Waals surface area contributed by atoms with Crippen molar-refractivity contribution in [3.63, 3.8) is 0 Å². The van der Waals surface area contributed by atoms with Crippen LogP contribution in [0.5, 0.6) is 0 Å². The molecule has 0 aliphatic heterocycles. The molecule has 0 radical (unpaired) electrons. The van der Waals surface area contributed by atoms with E-state index in [2.05, 4.69) is 0 Å². The number of nitrogens with two attached hydrogens (primary N) is 1. The molecule has 2 aromatic rings. The van der Waals surface area contributed by atoms with Crippen molar-refractivity contribution in [1.29, 1.82) is 0 Å². The van der Waals surface area contributed by atoms with E-state index in [0.29, 0.717) is 0 Å². The van der Waals surface area contributed by atoms with E-state index in [1.807, 2.05) is 12.3 Å². The molecule has 0 aliphatic carbocycles. The first-order valence-electron chi connectivity index (χ1n) is 4.94. The average molecular weight is 257 g/mol. The van der Waals surface area contributed by atoms with Gasteiger partial charge in [-0.05, 0) is 34.9 Å². The molecule has 2 N–H and O–H groups in total. The third-order valence-corrected chi connectivity index (χ3v) is 3.51. The Hall–Kier alpha value is -1.33. The molecule has 1 aromatic heterocycles. The van der Waals surface area contributed by atoms with Crippen molar-refractivity contribution in [3.05, 3.63) is 57.0 Å². The summed E-state index contributed by atoms with van der Waals surface area (Å²) in [5, 5.41) is 3.65. The lowest BCUT2D eigenvalue weighted by atomic mass is 9.99. The number of aryl methyl sites for hydroxylation is 1. The number of benzene rings is 1. The Balaban J connectivity index is 2.48. The Morgan fingerprint density at radius 3 is 2.35 bits per heavy atom. The molecular formula is C12H10F3NS. The predicted octanol–water partition coefficient (Wildman–Crippen LogP) is 3.52. The van der Waals surface area contributed by atoms with Crippen LogP contribution in [0.1, 0.15) is 22.7 Å². The lowest BCUT2D eigenvalue weighted by molar-refractivity contribution is 0.438. The van der Waals surface area contributed by atoms with E-state index < -0.39 is 23.5 Å². The van der Waals surface area contributed by atoms with Crippen LogP contribution in [0.15, 0.2) is 22.9 Å². The molecule has 17 heavy (non-hydrogen) atoms. The maximum Gasteiger partial charge on any atom is 0.194 e. The normalized spacial score (nSPS) is 12.8. The number of hydrogen-bond donors (Lipinski definition) is 1. The number of hydrogen-bond acceptors (Lipinski definition) is 2. The highest BCUT2D eigenvalue weighted by molar-refractivity contribution is 7.08. The van der Waals surface area contributed by atoms with Crippen molar-refractivity contribution in [3.8, 4) is 0 Å². The lowest BCUT2D eigenvalue weighted by Gasteiger charge is -2.13. The fourth-order valence-corrected chi connectivity index (χ4v) is 2.52. The first-order chi connectivity index (χ1) is 8.02. The largest absolute Gasteiger partial charge is 0.320 e. The molecule has 0 amide bonds. The molecule has 5 heteroatoms. The molecule has 0 fully saturated rings. The Labute approximate surface area is 101 Å². The Kier molecular flexibility index (Phi) is 3.22. The first kappa shape index (κ1) is 12.1. The lowest BCUT2D eigenvalue weighted by Crippen LogP contribution is -2.15. The Morgan fingerprint density at radius 1 is 1.06 bits per heavy atom. The van der Waals surface area contributed by atoms with E-state index in [1.165, 1.54) is 17.4 Å². The monoisotopic (exact) mass is 257 g/mol. The zero-order valence-corrected chi connectivity index (χ0v) is 9.82. The summed E-state index contributed by atoms with van der Waals surface area (Å²) in [7, 11) is 0. The van der Waals surface area contributed by atoms with E-state index in [0.717, 1.165) is 17.2 Å². The summed E-state index contributed by atoms with van der Waals surface area (Å²) in [6.45, 7) is 1.84. The minimum Gasteiger partial charge on any atom is -0.320 e. The molecule has 2 rings (SSSR count). The Bertz CT molecular complexity index is 551. The van der Waals surface area contributed by atoms with Crippen LogP contribution in [0, 0.1) is 24.4 Å². The molecule has 1 nitrogen and oxygen atoms in total. The van der Waals surface area contributed by atoms with Crippen molar-refractivity contribution in [1.82, 2.24) is 0 Å². The van der Waals surface area contributed by atoms with Gasteiger partial charge in [-0.1, -0.05) is 6.07 Å². The van der Waals surface area contributed by atoms with Crippen LogP contribution in [0.3, 0.4) is 0 Å². The van der Waals surface area contributed by atoms with Crippen LogP contribution in [0.25, 0.3) is 0 Å². The second-order valence-electron chi connectivity index (χ2n) is 3.75. The molecule has 0 aliphatic rings. The Morgan fingerprint density at radius 2 is 1.76 bits per heavy atom. The smallest absolute Gasteiger partial charge is 0.194 e. The highest BCUT2D eigenvalue weighted by atomic mass is 32.1. The first-order valence-corrected chi connectivity index (χ1v) is 5.88. The summed E-state index contributed by atoms with van der Waals surface area (Å²) in [6, 6.07) is 1.28. The van der Waals surface area contributed by atoms with Crippen molar-refractivity contribution in [2.45, 2.75) is 13.0 Å². The number of rotatable bonds is 2. The summed E-state index contributed by atoms with van der Waals surface area (Å²) in [6.07, 6.45) is 0. The second-order valence-corrected chi connectivity index (χ2v) is 4.50. The highest BCUT2D eigenvalue weighted by Crippen LogP contribution is 2.28. The van der Waals surface area contributed by atoms with Gasteiger partial charge in [0, 0.05) is 5.56 Å². The molecule has 1 unspecified atom stereocenters. The van der Waals surface area contributed by atoms with Crippen molar-refractivity contribution >= 4 is 11.3 Å². The van der Waals surface area contributed by atoms with Gasteiger partial charge in [-0.15, -0.1) is 0 Å². The number of thiophene rings is 1. The van der Waals surface area contributed by atoms with Crippen LogP contribution in [-0.2, 0) is 0 Å². The van der Waals surface area contributed by atoms with Crippen LogP contribution in [0.2, 0.25) is 0 Å². The molecule has 0 spiro atoms. The fourth-order valence-electron chi connectivity index (χ4n) is 1.64. The van der Waals surface area contributed by atoms with Gasteiger partial charge < -0.3 is 5.73 Å². The topological polar surface area (TPSA) is 26.0 Å². The van der Waals surface area contributed by atoms with Gasteiger partial charge in [-0.2, -0.15) is 11.3 Å². The van der Waals surface area contributed by atoms with E-state index in [9.17, 15) is 13.2 Å². The minimum absolute atomic E-state index is 0.0367. The molecule has 1 heterocycles. The van der Waals surface area contributed by atoms with Gasteiger partial charge in [0.25, 0.3) is 0 Å². The summed E-state index contributed by atoms with van der Waals surface area (Å²) in [5.74, 6) is -3.91. The molecule has 1 atom stereocenters. The SMILES string of the molecule is Cc1cscc1C(N)c1ccc(F)c(F)c1F. The van der Waals surface area contributed by atoms with Crippen molar-refractivity contribution in [2.24, 2.45) is 5.73 Å².